The highest BCUT2D eigenvalue weighted by Gasteiger charge is 2.37. The Labute approximate surface area is 190 Å². The van der Waals surface area contributed by atoms with E-state index in [2.05, 4.69) is 16.0 Å². The van der Waals surface area contributed by atoms with E-state index in [1.165, 1.54) is 0 Å². The average molecular weight is 461 g/mol. The van der Waals surface area contributed by atoms with E-state index in [9.17, 15) is 9.59 Å². The first-order valence-electron chi connectivity index (χ1n) is 10.4. The number of carbonyl (C=O) groups is 2. The Bertz CT molecular complexity index is 813. The van der Waals surface area contributed by atoms with E-state index >= 15 is 0 Å². The fourth-order valence-corrected chi connectivity index (χ4v) is 4.79. The van der Waals surface area contributed by atoms with Gasteiger partial charge in [-0.3, -0.25) is 0 Å². The van der Waals surface area contributed by atoms with Crippen molar-refractivity contribution in [1.29, 1.82) is 0 Å². The lowest BCUT2D eigenvalue weighted by Gasteiger charge is -2.27. The molecule has 9 nitrogen and oxygen atoms in total. The molecule has 0 aliphatic heterocycles. The molecule has 2 aromatic carbocycles. The molecule has 0 bridgehead atoms. The van der Waals surface area contributed by atoms with Gasteiger partial charge in [-0.15, -0.1) is 0 Å². The van der Waals surface area contributed by atoms with Gasteiger partial charge in [-0.2, -0.15) is 0 Å². The van der Waals surface area contributed by atoms with Crippen molar-refractivity contribution in [2.75, 3.05) is 51.6 Å². The monoisotopic (exact) mass is 460 g/mol. The van der Waals surface area contributed by atoms with Crippen molar-refractivity contribution in [3.8, 4) is 0 Å². The maximum Gasteiger partial charge on any atom is 0.500 e. The number of amides is 4. The molecule has 0 fully saturated rings. The summed E-state index contributed by atoms with van der Waals surface area (Å²) in [4.78, 5) is 26.6. The predicted octanol–water partition coefficient (Wildman–Crippen LogP) is 3.61. The van der Waals surface area contributed by atoms with Crippen LogP contribution in [0.5, 0.6) is 0 Å². The number of anilines is 2. The quantitative estimate of drug-likeness (QED) is 0.420. The van der Waals surface area contributed by atoms with Crippen molar-refractivity contribution < 1.29 is 22.9 Å². The number of nitrogens with zero attached hydrogens (tertiary/aromatic N) is 1. The van der Waals surface area contributed by atoms with E-state index in [0.717, 1.165) is 0 Å². The zero-order valence-corrected chi connectivity index (χ0v) is 19.8. The number of nitrogens with one attached hydrogen (secondary N) is 3. The van der Waals surface area contributed by atoms with Crippen LogP contribution in [-0.4, -0.2) is 66.7 Å². The Morgan fingerprint density at radius 3 is 1.88 bits per heavy atom. The summed E-state index contributed by atoms with van der Waals surface area (Å²) in [5.41, 5.74) is 1.40. The molecule has 0 unspecified atom stereocenters. The fourth-order valence-electron chi connectivity index (χ4n) is 3.08. The van der Waals surface area contributed by atoms with Gasteiger partial charge in [-0.05, 0) is 30.7 Å². The Kier molecular flexibility index (Phi) is 10.7. The Hall–Kier alpha value is -2.92. The van der Waals surface area contributed by atoms with Crippen LogP contribution in [-0.2, 0) is 13.3 Å². The molecule has 0 saturated heterocycles. The van der Waals surface area contributed by atoms with Crippen LogP contribution < -0.4 is 16.0 Å². The molecule has 3 N–H and O–H groups in total. The van der Waals surface area contributed by atoms with Gasteiger partial charge in [-0.25, -0.2) is 9.59 Å². The van der Waals surface area contributed by atoms with Gasteiger partial charge in [0.1, 0.15) is 0 Å². The van der Waals surface area contributed by atoms with Gasteiger partial charge in [0.05, 0.1) is 0 Å². The third-order valence-corrected chi connectivity index (χ3v) is 7.69. The van der Waals surface area contributed by atoms with Gasteiger partial charge in [0.25, 0.3) is 0 Å². The lowest BCUT2D eigenvalue weighted by Crippen LogP contribution is -2.45. The lowest BCUT2D eigenvalue weighted by molar-refractivity contribution is 0.121. The van der Waals surface area contributed by atoms with Gasteiger partial charge in [0, 0.05) is 58.4 Å². The normalized spacial score (nSPS) is 11.0. The molecule has 0 aliphatic rings. The standard InChI is InChI=1S/C22H32N4O5Si/c1-29-32(30-2,31-3)18-10-16-26(22(28)25-20-13-8-5-9-14-20)17-15-23-21(27)24-19-11-6-4-7-12-19/h4-9,11-14H,10,15-18H2,1-3H3,(H,25,28)(H2,23,24,27). The molecule has 4 amide bonds. The highest BCUT2D eigenvalue weighted by Crippen LogP contribution is 2.16. The van der Waals surface area contributed by atoms with Gasteiger partial charge >= 0.3 is 20.9 Å². The summed E-state index contributed by atoms with van der Waals surface area (Å²) >= 11 is 0. The summed E-state index contributed by atoms with van der Waals surface area (Å²) < 4.78 is 16.4. The summed E-state index contributed by atoms with van der Waals surface area (Å²) in [6.45, 7) is 1.08. The van der Waals surface area contributed by atoms with Crippen molar-refractivity contribution in [2.24, 2.45) is 0 Å². The van der Waals surface area contributed by atoms with Crippen molar-refractivity contribution in [1.82, 2.24) is 10.2 Å². The minimum Gasteiger partial charge on any atom is -0.377 e. The fraction of sp³-hybridized carbons (Fsp3) is 0.364. The van der Waals surface area contributed by atoms with E-state index < -0.39 is 8.80 Å². The maximum absolute atomic E-state index is 12.8. The van der Waals surface area contributed by atoms with Gasteiger partial charge in [-0.1, -0.05) is 36.4 Å². The molecular weight excluding hydrogens is 428 g/mol. The van der Waals surface area contributed by atoms with Gasteiger partial charge in [0.2, 0.25) is 0 Å². The maximum atomic E-state index is 12.8. The second kappa shape index (κ2) is 13.5. The second-order valence-electron chi connectivity index (χ2n) is 6.93. The van der Waals surface area contributed by atoms with Crippen LogP contribution in [0.15, 0.2) is 60.7 Å². The molecule has 2 rings (SSSR count). The van der Waals surface area contributed by atoms with E-state index in [1.807, 2.05) is 48.5 Å². The zero-order valence-electron chi connectivity index (χ0n) is 18.8. The van der Waals surface area contributed by atoms with Crippen molar-refractivity contribution in [3.63, 3.8) is 0 Å². The summed E-state index contributed by atoms with van der Waals surface area (Å²) in [7, 11) is 1.97. The van der Waals surface area contributed by atoms with Crippen molar-refractivity contribution in [2.45, 2.75) is 12.5 Å². The zero-order chi connectivity index (χ0) is 23.2. The highest BCUT2D eigenvalue weighted by molar-refractivity contribution is 6.60. The number of hydrogen-bond donors (Lipinski definition) is 3. The molecule has 0 heterocycles. The van der Waals surface area contributed by atoms with Crippen molar-refractivity contribution in [3.05, 3.63) is 60.7 Å². The van der Waals surface area contributed by atoms with E-state index in [4.69, 9.17) is 13.3 Å². The van der Waals surface area contributed by atoms with Gasteiger partial charge < -0.3 is 34.1 Å². The molecule has 0 spiro atoms. The first-order chi connectivity index (χ1) is 15.5. The molecule has 0 aliphatic carbocycles. The molecule has 0 aromatic heterocycles. The molecule has 0 atom stereocenters. The first kappa shape index (κ1) is 25.3. The minimum atomic E-state index is -2.72. The first-order valence-corrected chi connectivity index (χ1v) is 12.3. The third-order valence-electron chi connectivity index (χ3n) is 4.86. The number of urea groups is 2. The molecular formula is C22H32N4O5Si. The predicted molar refractivity (Wildman–Crippen MR) is 127 cm³/mol. The summed E-state index contributed by atoms with van der Waals surface area (Å²) in [6.07, 6.45) is 0.625. The number of rotatable bonds is 12. The largest absolute Gasteiger partial charge is 0.500 e. The SMILES string of the molecule is CO[Si](CCCN(CCNC(=O)Nc1ccccc1)C(=O)Nc1ccccc1)(OC)OC. The summed E-state index contributed by atoms with van der Waals surface area (Å²) in [6, 6.07) is 18.4. The number of benzene rings is 2. The molecule has 0 saturated carbocycles. The van der Waals surface area contributed by atoms with Crippen molar-refractivity contribution >= 4 is 32.2 Å². The lowest BCUT2D eigenvalue weighted by atomic mass is 10.3. The van der Waals surface area contributed by atoms with Gasteiger partial charge in [0.15, 0.2) is 0 Å². The summed E-state index contributed by atoms with van der Waals surface area (Å²) in [5.74, 6) is 0. The third kappa shape index (κ3) is 8.31. The molecule has 174 valence electrons. The van der Waals surface area contributed by atoms with E-state index in [-0.39, 0.29) is 12.1 Å². The number of carbonyl (C=O) groups excluding carboxylic acids is 2. The Morgan fingerprint density at radius 2 is 1.34 bits per heavy atom. The summed E-state index contributed by atoms with van der Waals surface area (Å²) in [5, 5.41) is 8.43. The van der Waals surface area contributed by atoms with E-state index in [1.54, 1.807) is 38.4 Å². The topological polar surface area (TPSA) is 101 Å². The van der Waals surface area contributed by atoms with Crippen LogP contribution in [0.2, 0.25) is 6.04 Å². The smallest absolute Gasteiger partial charge is 0.377 e. The number of para-hydroxylation sites is 2. The van der Waals surface area contributed by atoms with E-state index in [0.29, 0.717) is 43.5 Å². The van der Waals surface area contributed by atoms with Crippen LogP contribution >= 0.6 is 0 Å². The number of hydrogen-bond acceptors (Lipinski definition) is 5. The molecule has 10 heteroatoms. The van der Waals surface area contributed by atoms with Crippen LogP contribution in [0.25, 0.3) is 0 Å². The van der Waals surface area contributed by atoms with Crippen LogP contribution in [0.3, 0.4) is 0 Å². The van der Waals surface area contributed by atoms with Crippen LogP contribution in [0.1, 0.15) is 6.42 Å². The average Bonchev–Trinajstić information content (AvgIpc) is 2.82. The molecule has 32 heavy (non-hydrogen) atoms. The molecule has 0 radical (unpaired) electrons. The highest BCUT2D eigenvalue weighted by atomic mass is 28.4. The Balaban J connectivity index is 1.91. The Morgan fingerprint density at radius 1 is 0.812 bits per heavy atom. The van der Waals surface area contributed by atoms with Crippen LogP contribution in [0, 0.1) is 0 Å². The molecule has 2 aromatic rings. The second-order valence-corrected chi connectivity index (χ2v) is 10.0. The van der Waals surface area contributed by atoms with Crippen LogP contribution in [0.4, 0.5) is 21.0 Å². The minimum absolute atomic E-state index is 0.249.